The van der Waals surface area contributed by atoms with Crippen molar-refractivity contribution in [2.24, 2.45) is 0 Å². The molecule has 150 valence electrons. The van der Waals surface area contributed by atoms with Crippen molar-refractivity contribution in [3.05, 3.63) is 75.6 Å². The highest BCUT2D eigenvalue weighted by Crippen LogP contribution is 2.17. The largest absolute Gasteiger partial charge is 0.387 e. The van der Waals surface area contributed by atoms with Gasteiger partial charge in [0.15, 0.2) is 0 Å². The van der Waals surface area contributed by atoms with Gasteiger partial charge in [-0.2, -0.15) is 15.0 Å². The van der Waals surface area contributed by atoms with E-state index in [9.17, 15) is 15.2 Å². The zero-order valence-corrected chi connectivity index (χ0v) is 15.7. The zero-order chi connectivity index (χ0) is 20.8. The third kappa shape index (κ3) is 5.67. The fourth-order valence-electron chi connectivity index (χ4n) is 2.60. The van der Waals surface area contributed by atoms with E-state index in [1.54, 1.807) is 0 Å². The fraction of sp³-hybridized carbons (Fsp3) is 0.211. The van der Waals surface area contributed by atoms with Gasteiger partial charge in [-0.1, -0.05) is 17.7 Å². The van der Waals surface area contributed by atoms with Crippen molar-refractivity contribution < 1.29 is 10.0 Å². The summed E-state index contributed by atoms with van der Waals surface area (Å²) in [6.45, 7) is 2.48. The van der Waals surface area contributed by atoms with E-state index in [1.807, 2.05) is 31.2 Å². The van der Waals surface area contributed by atoms with Crippen LogP contribution in [0.5, 0.6) is 0 Å². The molecule has 10 nitrogen and oxygen atoms in total. The molecular weight excluding hydrogens is 374 g/mol. The Morgan fingerprint density at radius 2 is 1.79 bits per heavy atom. The van der Waals surface area contributed by atoms with Gasteiger partial charge in [-0.25, -0.2) is 0 Å². The molecule has 29 heavy (non-hydrogen) atoms. The van der Waals surface area contributed by atoms with E-state index >= 15 is 0 Å². The number of hydrogen-bond donors (Lipinski definition) is 4. The van der Waals surface area contributed by atoms with Crippen LogP contribution in [0.25, 0.3) is 0 Å². The van der Waals surface area contributed by atoms with E-state index in [1.165, 1.54) is 24.3 Å². The molecule has 0 bridgehead atoms. The first kappa shape index (κ1) is 20.1. The van der Waals surface area contributed by atoms with Gasteiger partial charge in [0.2, 0.25) is 11.9 Å². The number of anilines is 3. The molecule has 5 N–H and O–H groups in total. The highest BCUT2D eigenvalue weighted by Gasteiger charge is 2.11. The van der Waals surface area contributed by atoms with Crippen LogP contribution in [0, 0.1) is 17.0 Å². The Morgan fingerprint density at radius 3 is 2.45 bits per heavy atom. The van der Waals surface area contributed by atoms with Crippen molar-refractivity contribution in [2.45, 2.75) is 19.6 Å². The molecule has 3 rings (SSSR count). The van der Waals surface area contributed by atoms with Gasteiger partial charge in [-0.05, 0) is 36.8 Å². The Balaban J connectivity index is 1.58. The Morgan fingerprint density at radius 1 is 1.10 bits per heavy atom. The number of nitrogens with two attached hydrogens (primary N) is 1. The number of rotatable bonds is 8. The molecule has 2 aromatic carbocycles. The quantitative estimate of drug-likeness (QED) is 0.332. The maximum Gasteiger partial charge on any atom is 0.269 e. The minimum Gasteiger partial charge on any atom is -0.387 e. The zero-order valence-electron chi connectivity index (χ0n) is 15.7. The van der Waals surface area contributed by atoms with Crippen LogP contribution >= 0.6 is 0 Å². The number of non-ortho nitro benzene ring substituents is 1. The van der Waals surface area contributed by atoms with E-state index < -0.39 is 11.0 Å². The molecule has 1 heterocycles. The van der Waals surface area contributed by atoms with Gasteiger partial charge < -0.3 is 21.5 Å². The van der Waals surface area contributed by atoms with Gasteiger partial charge in [0.25, 0.3) is 5.69 Å². The normalized spacial score (nSPS) is 11.8. The predicted octanol–water partition coefficient (Wildman–Crippen LogP) is 2.24. The molecule has 10 heteroatoms. The predicted molar refractivity (Wildman–Crippen MR) is 108 cm³/mol. The first-order valence-electron chi connectivity index (χ1n) is 8.88. The number of nitro groups is 1. The first-order chi connectivity index (χ1) is 13.9. The van der Waals surface area contributed by atoms with E-state index in [-0.39, 0.29) is 24.7 Å². The number of benzene rings is 2. The average molecular weight is 395 g/mol. The minimum atomic E-state index is -0.833. The van der Waals surface area contributed by atoms with Crippen molar-refractivity contribution in [3.8, 4) is 0 Å². The van der Waals surface area contributed by atoms with Gasteiger partial charge in [-0.15, -0.1) is 0 Å². The highest BCUT2D eigenvalue weighted by molar-refractivity contribution is 5.54. The number of aryl methyl sites for hydroxylation is 1. The molecule has 0 aliphatic rings. The lowest BCUT2D eigenvalue weighted by Crippen LogP contribution is -2.23. The molecule has 1 atom stereocenters. The third-order valence-electron chi connectivity index (χ3n) is 4.12. The molecule has 0 spiro atoms. The number of aromatic nitrogens is 3. The maximum absolute atomic E-state index is 10.7. The summed E-state index contributed by atoms with van der Waals surface area (Å²) in [5, 5.41) is 27.0. The number of nitrogens with one attached hydrogen (secondary N) is 2. The van der Waals surface area contributed by atoms with Crippen LogP contribution in [0.2, 0.25) is 0 Å². The van der Waals surface area contributed by atoms with Crippen LogP contribution in [0.15, 0.2) is 48.5 Å². The van der Waals surface area contributed by atoms with E-state index in [0.717, 1.165) is 11.3 Å². The average Bonchev–Trinajstić information content (AvgIpc) is 2.69. The summed E-state index contributed by atoms with van der Waals surface area (Å²) in [6.07, 6.45) is -0.833. The summed E-state index contributed by atoms with van der Waals surface area (Å²) >= 11 is 0. The first-order valence-corrected chi connectivity index (χ1v) is 8.88. The monoisotopic (exact) mass is 395 g/mol. The van der Waals surface area contributed by atoms with Crippen molar-refractivity contribution in [1.82, 2.24) is 20.3 Å². The van der Waals surface area contributed by atoms with Crippen molar-refractivity contribution >= 4 is 23.3 Å². The Bertz CT molecular complexity index is 978. The van der Waals surface area contributed by atoms with Crippen LogP contribution in [0.4, 0.5) is 23.3 Å². The Hall–Kier alpha value is -3.63. The molecule has 0 fully saturated rings. The summed E-state index contributed by atoms with van der Waals surface area (Å²) in [6, 6.07) is 13.5. The van der Waals surface area contributed by atoms with Crippen molar-refractivity contribution in [3.63, 3.8) is 0 Å². The topological polar surface area (TPSA) is 152 Å². The molecule has 0 radical (unpaired) electrons. The Kier molecular flexibility index (Phi) is 6.27. The fourth-order valence-corrected chi connectivity index (χ4v) is 2.60. The lowest BCUT2D eigenvalue weighted by Gasteiger charge is -2.12. The second kappa shape index (κ2) is 9.04. The van der Waals surface area contributed by atoms with Crippen LogP contribution < -0.4 is 16.4 Å². The summed E-state index contributed by atoms with van der Waals surface area (Å²) in [5.74, 6) is 0.833. The van der Waals surface area contributed by atoms with Crippen LogP contribution in [-0.2, 0) is 6.54 Å². The highest BCUT2D eigenvalue weighted by atomic mass is 16.6. The van der Waals surface area contributed by atoms with Gasteiger partial charge >= 0.3 is 0 Å². The number of hydrogen-bond acceptors (Lipinski definition) is 9. The second-order valence-corrected chi connectivity index (χ2v) is 6.42. The molecule has 0 aliphatic heterocycles. The van der Waals surface area contributed by atoms with Crippen LogP contribution in [-0.4, -0.2) is 31.5 Å². The molecule has 0 unspecified atom stereocenters. The van der Waals surface area contributed by atoms with Gasteiger partial charge in [-0.3, -0.25) is 10.1 Å². The summed E-state index contributed by atoms with van der Waals surface area (Å²) < 4.78 is 0. The van der Waals surface area contributed by atoms with Crippen molar-refractivity contribution in [1.29, 1.82) is 0 Å². The van der Waals surface area contributed by atoms with Crippen LogP contribution in [0.1, 0.15) is 23.1 Å². The summed E-state index contributed by atoms with van der Waals surface area (Å²) in [4.78, 5) is 22.7. The molecular formula is C19H21N7O3. The van der Waals surface area contributed by atoms with E-state index in [4.69, 9.17) is 5.73 Å². The lowest BCUT2D eigenvalue weighted by atomic mass is 10.1. The number of nitro benzene ring substituents is 1. The smallest absolute Gasteiger partial charge is 0.269 e. The summed E-state index contributed by atoms with van der Waals surface area (Å²) in [7, 11) is 0. The number of nitrogen functional groups attached to an aromatic ring is 1. The molecule has 0 aliphatic carbocycles. The van der Waals surface area contributed by atoms with E-state index in [2.05, 4.69) is 25.6 Å². The number of aliphatic hydroxyl groups excluding tert-OH is 1. The SMILES string of the molecule is Cc1ccc(Nc2nc(N)nc(CNC[C@@H](O)c3ccc([N+](=O)[O-])cc3)n2)cc1. The number of aliphatic hydroxyl groups is 1. The second-order valence-electron chi connectivity index (χ2n) is 6.42. The lowest BCUT2D eigenvalue weighted by molar-refractivity contribution is -0.384. The Labute approximate surface area is 167 Å². The molecule has 0 saturated carbocycles. The van der Waals surface area contributed by atoms with Gasteiger partial charge in [0, 0.05) is 24.4 Å². The van der Waals surface area contributed by atoms with Crippen molar-refractivity contribution in [2.75, 3.05) is 17.6 Å². The standard InChI is InChI=1S/C19H21N7O3/c1-12-2-6-14(7-3-12)22-19-24-17(23-18(20)25-19)11-21-10-16(27)13-4-8-15(9-5-13)26(28)29/h2-9,16,21,27H,10-11H2,1H3,(H3,20,22,23,24,25)/t16-/m1/s1. The third-order valence-corrected chi connectivity index (χ3v) is 4.12. The minimum absolute atomic E-state index is 0.0248. The van der Waals surface area contributed by atoms with Gasteiger partial charge in [0.1, 0.15) is 5.82 Å². The molecule has 0 saturated heterocycles. The number of nitrogens with zero attached hydrogens (tertiary/aromatic N) is 4. The summed E-state index contributed by atoms with van der Waals surface area (Å²) in [5.41, 5.74) is 8.28. The molecule has 0 amide bonds. The molecule has 1 aromatic heterocycles. The van der Waals surface area contributed by atoms with Gasteiger partial charge in [0.05, 0.1) is 17.6 Å². The molecule has 3 aromatic rings. The van der Waals surface area contributed by atoms with Crippen LogP contribution in [0.3, 0.4) is 0 Å². The maximum atomic E-state index is 10.7. The van der Waals surface area contributed by atoms with E-state index in [0.29, 0.717) is 17.3 Å².